The van der Waals surface area contributed by atoms with Crippen LogP contribution in [0.4, 0.5) is 4.39 Å². The van der Waals surface area contributed by atoms with Gasteiger partial charge in [-0.2, -0.15) is 0 Å². The molecule has 1 N–H and O–H groups in total. The fraction of sp³-hybridized carbons (Fsp3) is 0.625. The van der Waals surface area contributed by atoms with Crippen LogP contribution in [0, 0.1) is 5.82 Å². The predicted octanol–water partition coefficient (Wildman–Crippen LogP) is 1.75. The quantitative estimate of drug-likeness (QED) is 0.917. The molecule has 1 aromatic rings. The molecule has 6 heteroatoms. The molecule has 0 aliphatic carbocycles. The van der Waals surface area contributed by atoms with Crippen LogP contribution in [0.5, 0.6) is 0 Å². The van der Waals surface area contributed by atoms with Gasteiger partial charge in [-0.05, 0) is 37.2 Å². The van der Waals surface area contributed by atoms with Crippen molar-refractivity contribution in [1.82, 2.24) is 9.80 Å². The van der Waals surface area contributed by atoms with E-state index < -0.39 is 0 Å². The first-order valence-electron chi connectivity index (χ1n) is 7.79. The van der Waals surface area contributed by atoms with Crippen molar-refractivity contribution in [2.24, 2.45) is 0 Å². The molecule has 0 spiro atoms. The zero-order valence-electron chi connectivity index (χ0n) is 12.5. The van der Waals surface area contributed by atoms with E-state index in [1.54, 1.807) is 6.07 Å². The fourth-order valence-electron chi connectivity index (χ4n) is 3.25. The van der Waals surface area contributed by atoms with Gasteiger partial charge >= 0.3 is 0 Å². The number of aliphatic hydroxyl groups excluding tert-OH is 1. The molecule has 0 bridgehead atoms. The Hall–Kier alpha value is -0.720. The van der Waals surface area contributed by atoms with Crippen LogP contribution in [0.1, 0.15) is 12.0 Å². The fourth-order valence-corrected chi connectivity index (χ4v) is 3.48. The summed E-state index contributed by atoms with van der Waals surface area (Å²) in [5, 5.41) is 10.5. The van der Waals surface area contributed by atoms with E-state index in [9.17, 15) is 9.50 Å². The van der Waals surface area contributed by atoms with Crippen LogP contribution in [0.15, 0.2) is 18.2 Å². The van der Waals surface area contributed by atoms with Gasteiger partial charge < -0.3 is 9.84 Å². The first kappa shape index (κ1) is 16.1. The standard InChI is InChI=1S/C16H22ClFN2O2/c17-14-8-13(18)3-2-12(14)9-19-4-1-5-20(7-6-19)15-10-22-11-16(15)21/h2-3,8,15-16,21H,1,4-7,9-11H2/t15-,16-/m1/s1. The van der Waals surface area contributed by atoms with Crippen LogP contribution in [-0.2, 0) is 11.3 Å². The number of rotatable bonds is 3. The number of aliphatic hydroxyl groups is 1. The molecule has 2 aliphatic heterocycles. The molecule has 0 amide bonds. The second-order valence-electron chi connectivity index (χ2n) is 6.07. The molecule has 3 rings (SSSR count). The van der Waals surface area contributed by atoms with E-state index in [4.69, 9.17) is 16.3 Å². The number of benzene rings is 1. The summed E-state index contributed by atoms with van der Waals surface area (Å²) < 4.78 is 18.5. The van der Waals surface area contributed by atoms with E-state index in [2.05, 4.69) is 9.80 Å². The second kappa shape index (κ2) is 7.23. The van der Waals surface area contributed by atoms with E-state index in [0.717, 1.165) is 44.7 Å². The summed E-state index contributed by atoms with van der Waals surface area (Å²) in [4.78, 5) is 4.66. The molecular weight excluding hydrogens is 307 g/mol. The Kier molecular flexibility index (Phi) is 5.31. The summed E-state index contributed by atoms with van der Waals surface area (Å²) in [5.74, 6) is -0.300. The van der Waals surface area contributed by atoms with Gasteiger partial charge in [0, 0.05) is 24.7 Å². The van der Waals surface area contributed by atoms with E-state index in [0.29, 0.717) is 18.2 Å². The van der Waals surface area contributed by atoms with Gasteiger partial charge in [0.25, 0.3) is 0 Å². The van der Waals surface area contributed by atoms with Gasteiger partial charge in [-0.25, -0.2) is 4.39 Å². The van der Waals surface area contributed by atoms with Crippen LogP contribution in [-0.4, -0.2) is 66.4 Å². The van der Waals surface area contributed by atoms with Crippen molar-refractivity contribution in [3.63, 3.8) is 0 Å². The van der Waals surface area contributed by atoms with Crippen molar-refractivity contribution in [2.45, 2.75) is 25.1 Å². The Morgan fingerprint density at radius 3 is 2.82 bits per heavy atom. The molecule has 2 heterocycles. The molecule has 2 aliphatic rings. The molecular formula is C16H22ClFN2O2. The zero-order valence-corrected chi connectivity index (χ0v) is 13.3. The van der Waals surface area contributed by atoms with Gasteiger partial charge in [0.15, 0.2) is 0 Å². The van der Waals surface area contributed by atoms with Gasteiger partial charge in [0.2, 0.25) is 0 Å². The van der Waals surface area contributed by atoms with Crippen molar-refractivity contribution in [3.05, 3.63) is 34.6 Å². The average molecular weight is 329 g/mol. The number of nitrogens with zero attached hydrogens (tertiary/aromatic N) is 2. The van der Waals surface area contributed by atoms with Gasteiger partial charge in [-0.3, -0.25) is 9.80 Å². The number of hydrogen-bond donors (Lipinski definition) is 1. The first-order chi connectivity index (χ1) is 10.6. The van der Waals surface area contributed by atoms with Crippen molar-refractivity contribution in [2.75, 3.05) is 39.4 Å². The van der Waals surface area contributed by atoms with Crippen LogP contribution in [0.3, 0.4) is 0 Å². The van der Waals surface area contributed by atoms with E-state index >= 15 is 0 Å². The zero-order chi connectivity index (χ0) is 15.5. The lowest BCUT2D eigenvalue weighted by Gasteiger charge is -2.28. The predicted molar refractivity (Wildman–Crippen MR) is 83.5 cm³/mol. The van der Waals surface area contributed by atoms with E-state index in [-0.39, 0.29) is 18.0 Å². The van der Waals surface area contributed by atoms with Crippen LogP contribution < -0.4 is 0 Å². The number of hydrogen-bond acceptors (Lipinski definition) is 4. The maximum atomic E-state index is 13.1. The maximum absolute atomic E-state index is 13.1. The highest BCUT2D eigenvalue weighted by Gasteiger charge is 2.32. The smallest absolute Gasteiger partial charge is 0.124 e. The monoisotopic (exact) mass is 328 g/mol. The third-order valence-corrected chi connectivity index (χ3v) is 4.87. The maximum Gasteiger partial charge on any atom is 0.124 e. The number of ether oxygens (including phenoxy) is 1. The Morgan fingerprint density at radius 2 is 2.09 bits per heavy atom. The van der Waals surface area contributed by atoms with Crippen LogP contribution in [0.2, 0.25) is 5.02 Å². The molecule has 4 nitrogen and oxygen atoms in total. The number of halogens is 2. The third kappa shape index (κ3) is 3.78. The minimum atomic E-state index is -0.377. The lowest BCUT2D eigenvalue weighted by molar-refractivity contribution is 0.0837. The van der Waals surface area contributed by atoms with Crippen molar-refractivity contribution in [1.29, 1.82) is 0 Å². The van der Waals surface area contributed by atoms with Crippen molar-refractivity contribution >= 4 is 11.6 Å². The van der Waals surface area contributed by atoms with Gasteiger partial charge in [0.1, 0.15) is 5.82 Å². The lowest BCUT2D eigenvalue weighted by Crippen LogP contribution is -2.44. The molecule has 0 aromatic heterocycles. The van der Waals surface area contributed by atoms with Crippen molar-refractivity contribution in [3.8, 4) is 0 Å². The summed E-state index contributed by atoms with van der Waals surface area (Å²) in [6.45, 7) is 5.56. The Balaban J connectivity index is 1.58. The summed E-state index contributed by atoms with van der Waals surface area (Å²) in [6.07, 6.45) is 0.667. The van der Waals surface area contributed by atoms with Crippen LogP contribution >= 0.6 is 11.6 Å². The minimum Gasteiger partial charge on any atom is -0.389 e. The molecule has 1 aromatic carbocycles. The lowest BCUT2D eigenvalue weighted by atomic mass is 10.2. The second-order valence-corrected chi connectivity index (χ2v) is 6.48. The summed E-state index contributed by atoms with van der Waals surface area (Å²) in [7, 11) is 0. The van der Waals surface area contributed by atoms with Crippen molar-refractivity contribution < 1.29 is 14.2 Å². The topological polar surface area (TPSA) is 35.9 Å². The minimum absolute atomic E-state index is 0.120. The normalized spacial score (nSPS) is 28.0. The SMILES string of the molecule is O[C@@H]1COC[C@H]1N1CCCN(Cc2ccc(F)cc2Cl)CC1. The highest BCUT2D eigenvalue weighted by Crippen LogP contribution is 2.21. The molecule has 0 radical (unpaired) electrons. The van der Waals surface area contributed by atoms with Gasteiger partial charge in [-0.15, -0.1) is 0 Å². The summed E-state index contributed by atoms with van der Waals surface area (Å²) in [6, 6.07) is 4.70. The molecule has 2 fully saturated rings. The molecule has 22 heavy (non-hydrogen) atoms. The first-order valence-corrected chi connectivity index (χ1v) is 8.17. The highest BCUT2D eigenvalue weighted by molar-refractivity contribution is 6.31. The van der Waals surface area contributed by atoms with Gasteiger partial charge in [-0.1, -0.05) is 17.7 Å². The van der Waals surface area contributed by atoms with Gasteiger partial charge in [0.05, 0.1) is 25.4 Å². The van der Waals surface area contributed by atoms with E-state index in [1.807, 2.05) is 0 Å². The Bertz CT molecular complexity index is 517. The molecule has 2 saturated heterocycles. The molecule has 122 valence electrons. The Labute approximate surface area is 135 Å². The third-order valence-electron chi connectivity index (χ3n) is 4.52. The molecule has 2 atom stereocenters. The Morgan fingerprint density at radius 1 is 1.23 bits per heavy atom. The molecule has 0 unspecified atom stereocenters. The summed E-state index contributed by atoms with van der Waals surface area (Å²) >= 11 is 6.11. The molecule has 0 saturated carbocycles. The van der Waals surface area contributed by atoms with E-state index in [1.165, 1.54) is 12.1 Å². The highest BCUT2D eigenvalue weighted by atomic mass is 35.5. The largest absolute Gasteiger partial charge is 0.389 e. The van der Waals surface area contributed by atoms with Crippen LogP contribution in [0.25, 0.3) is 0 Å². The average Bonchev–Trinajstić information content (AvgIpc) is 2.78. The summed E-state index contributed by atoms with van der Waals surface area (Å²) in [5.41, 5.74) is 0.959.